The second kappa shape index (κ2) is 15.5. The van der Waals surface area contributed by atoms with Gasteiger partial charge in [-0.1, -0.05) is 149 Å². The molecule has 0 saturated carbocycles. The van der Waals surface area contributed by atoms with E-state index in [9.17, 15) is 0 Å². The number of para-hydroxylation sites is 3. The molecule has 0 fully saturated rings. The molecule has 5 heteroatoms. The number of nitrogens with zero attached hydrogens (tertiary/aromatic N) is 3. The Bertz CT molecular complexity index is 3700. The summed E-state index contributed by atoms with van der Waals surface area (Å²) in [6.07, 6.45) is 3.45. The van der Waals surface area contributed by atoms with Crippen LogP contribution in [0.1, 0.15) is 129 Å². The van der Waals surface area contributed by atoms with E-state index in [1.807, 2.05) is 0 Å². The van der Waals surface area contributed by atoms with Crippen molar-refractivity contribution >= 4 is 96.2 Å². The molecule has 1 aromatic heterocycles. The highest BCUT2D eigenvalue weighted by Gasteiger charge is 2.49. The van der Waals surface area contributed by atoms with Crippen LogP contribution in [0.5, 0.6) is 0 Å². The molecule has 2 aliphatic carbocycles. The van der Waals surface area contributed by atoms with Crippen molar-refractivity contribution < 1.29 is 4.42 Å². The smallest absolute Gasteiger partial charge is 0.252 e. The van der Waals surface area contributed by atoms with E-state index in [0.717, 1.165) is 57.5 Å². The van der Waals surface area contributed by atoms with Crippen LogP contribution in [0, 0.1) is 6.92 Å². The van der Waals surface area contributed by atoms with E-state index in [2.05, 4.69) is 256 Å². The van der Waals surface area contributed by atoms with E-state index >= 15 is 0 Å². The summed E-state index contributed by atoms with van der Waals surface area (Å²) in [5.41, 5.74) is 25.1. The third-order valence-corrected chi connectivity index (χ3v) is 17.7. The standard InChI is InChI=1S/C68H68BN3O/c1-42-33-50-52(66(7,8)32-31-65(50,5)6)39-56(42)72-58-40-53-51(67(9,10)41-68(53,11)12)38-55(58)69-54-29-27-47(70(44-21-15-13-16-22-44)45-23-17-14-18-24-45)37-57(54)71(59-34-43(64(2,3)4)35-60(72)63(59)69)46-28-30-62-49(36-46)48-25-19-20-26-61(48)73-62/h13-30,33-40H,31-32,41H2,1-12H3. The Labute approximate surface area is 433 Å². The molecule has 3 heterocycles. The van der Waals surface area contributed by atoms with Gasteiger partial charge in [-0.3, -0.25) is 0 Å². The van der Waals surface area contributed by atoms with E-state index in [1.54, 1.807) is 0 Å². The van der Waals surface area contributed by atoms with Crippen LogP contribution in [-0.2, 0) is 27.1 Å². The maximum atomic E-state index is 6.53. The predicted molar refractivity (Wildman–Crippen MR) is 312 cm³/mol. The number of benzene rings is 8. The topological polar surface area (TPSA) is 22.9 Å². The third kappa shape index (κ3) is 6.93. The lowest BCUT2D eigenvalue weighted by atomic mass is 9.33. The molecule has 0 radical (unpaired) electrons. The number of fused-ring (bicyclic) bond motifs is 9. The van der Waals surface area contributed by atoms with Gasteiger partial charge in [0.05, 0.1) is 0 Å². The summed E-state index contributed by atoms with van der Waals surface area (Å²) >= 11 is 0. The first-order valence-corrected chi connectivity index (χ1v) is 26.8. The average Bonchev–Trinajstić information content (AvgIpc) is 3.82. The van der Waals surface area contributed by atoms with Crippen molar-refractivity contribution in [3.05, 3.63) is 191 Å². The minimum Gasteiger partial charge on any atom is -0.456 e. The second-order valence-corrected chi connectivity index (χ2v) is 25.7. The zero-order valence-electron chi connectivity index (χ0n) is 45.0. The number of hydrogen-bond acceptors (Lipinski definition) is 4. The fourth-order valence-electron chi connectivity index (χ4n) is 14.0. The van der Waals surface area contributed by atoms with Gasteiger partial charge in [-0.25, -0.2) is 0 Å². The fraction of sp³-hybridized carbons (Fsp3) is 0.294. The average molecular weight is 954 g/mol. The second-order valence-electron chi connectivity index (χ2n) is 25.7. The lowest BCUT2D eigenvalue weighted by Gasteiger charge is -2.47. The van der Waals surface area contributed by atoms with Crippen molar-refractivity contribution in [2.24, 2.45) is 0 Å². The van der Waals surface area contributed by atoms with E-state index in [0.29, 0.717) is 0 Å². The van der Waals surface area contributed by atoms with E-state index in [4.69, 9.17) is 4.42 Å². The van der Waals surface area contributed by atoms with Gasteiger partial charge < -0.3 is 19.1 Å². The summed E-state index contributed by atoms with van der Waals surface area (Å²) in [6.45, 7) is 29.2. The predicted octanol–water partition coefficient (Wildman–Crippen LogP) is 17.1. The van der Waals surface area contributed by atoms with Crippen LogP contribution < -0.4 is 31.1 Å². The molecule has 9 aromatic rings. The molecular formula is C68H68BN3O. The van der Waals surface area contributed by atoms with Crippen LogP contribution in [-0.4, -0.2) is 6.71 Å². The summed E-state index contributed by atoms with van der Waals surface area (Å²) in [7, 11) is 0. The molecule has 4 nitrogen and oxygen atoms in total. The highest BCUT2D eigenvalue weighted by Crippen LogP contribution is 2.55. The van der Waals surface area contributed by atoms with Crippen LogP contribution in [0.25, 0.3) is 21.9 Å². The van der Waals surface area contributed by atoms with Crippen LogP contribution in [0.4, 0.5) is 51.2 Å². The third-order valence-electron chi connectivity index (χ3n) is 17.7. The van der Waals surface area contributed by atoms with Gasteiger partial charge in [0.25, 0.3) is 6.71 Å². The summed E-state index contributed by atoms with van der Waals surface area (Å²) in [5.74, 6) is 0. The largest absolute Gasteiger partial charge is 0.456 e. The van der Waals surface area contributed by atoms with Crippen molar-refractivity contribution in [3.8, 4) is 0 Å². The van der Waals surface area contributed by atoms with Gasteiger partial charge in [-0.2, -0.15) is 0 Å². The maximum absolute atomic E-state index is 6.53. The first-order valence-electron chi connectivity index (χ1n) is 26.8. The molecule has 4 aliphatic rings. The van der Waals surface area contributed by atoms with E-state index in [1.165, 1.54) is 84.6 Å². The summed E-state index contributed by atoms with van der Waals surface area (Å²) < 4.78 is 6.53. The maximum Gasteiger partial charge on any atom is 0.252 e. The molecule has 0 saturated heterocycles. The Hall–Kier alpha value is -6.98. The zero-order chi connectivity index (χ0) is 50.7. The molecule has 0 unspecified atom stereocenters. The number of anilines is 9. The molecule has 364 valence electrons. The summed E-state index contributed by atoms with van der Waals surface area (Å²) in [6, 6.07) is 59.9. The van der Waals surface area contributed by atoms with Crippen LogP contribution >= 0.6 is 0 Å². The normalized spacial score (nSPS) is 17.5. The quantitative estimate of drug-likeness (QED) is 0.160. The van der Waals surface area contributed by atoms with Crippen molar-refractivity contribution in [2.45, 2.75) is 129 Å². The molecular weight excluding hydrogens is 886 g/mol. The van der Waals surface area contributed by atoms with E-state index < -0.39 is 0 Å². The van der Waals surface area contributed by atoms with Gasteiger partial charge in [0.15, 0.2) is 0 Å². The zero-order valence-corrected chi connectivity index (χ0v) is 45.0. The molecule has 0 atom stereocenters. The molecule has 13 rings (SSSR count). The minimum atomic E-state index is -0.163. The van der Waals surface area contributed by atoms with Gasteiger partial charge in [-0.15, -0.1) is 0 Å². The SMILES string of the molecule is Cc1cc2c(cc1N1c3cc4c(cc3B3c5ccc(N(c6ccccc6)c6ccccc6)cc5N(c5ccc6oc7ccccc7c6c5)c5cc(C(C)(C)C)cc1c53)C(C)(C)CC4(C)C)C(C)(C)CCC2(C)C. The van der Waals surface area contributed by atoms with Crippen molar-refractivity contribution in [1.29, 1.82) is 0 Å². The van der Waals surface area contributed by atoms with Crippen LogP contribution in [0.3, 0.4) is 0 Å². The number of aryl methyl sites for hydroxylation is 1. The molecule has 2 aliphatic heterocycles. The van der Waals surface area contributed by atoms with Crippen LogP contribution in [0.15, 0.2) is 162 Å². The first-order chi connectivity index (χ1) is 34.7. The highest BCUT2D eigenvalue weighted by atomic mass is 16.3. The Morgan fingerprint density at radius 3 is 1.67 bits per heavy atom. The molecule has 0 N–H and O–H groups in total. The fourth-order valence-corrected chi connectivity index (χ4v) is 14.0. The Morgan fingerprint density at radius 2 is 1.01 bits per heavy atom. The lowest BCUT2D eigenvalue weighted by Crippen LogP contribution is -2.61. The van der Waals surface area contributed by atoms with Gasteiger partial charge in [0.2, 0.25) is 0 Å². The van der Waals surface area contributed by atoms with Crippen molar-refractivity contribution in [3.63, 3.8) is 0 Å². The molecule has 0 bridgehead atoms. The summed E-state index contributed by atoms with van der Waals surface area (Å²) in [4.78, 5) is 7.74. The number of rotatable bonds is 5. The Kier molecular flexibility index (Phi) is 9.75. The minimum absolute atomic E-state index is 0.0112. The molecule has 8 aromatic carbocycles. The van der Waals surface area contributed by atoms with Gasteiger partial charge in [0, 0.05) is 62.0 Å². The van der Waals surface area contributed by atoms with Crippen LogP contribution in [0.2, 0.25) is 0 Å². The van der Waals surface area contributed by atoms with E-state index in [-0.39, 0.29) is 33.8 Å². The Morgan fingerprint density at radius 1 is 0.466 bits per heavy atom. The van der Waals surface area contributed by atoms with Gasteiger partial charge in [-0.05, 0) is 188 Å². The van der Waals surface area contributed by atoms with Crippen molar-refractivity contribution in [1.82, 2.24) is 0 Å². The molecule has 0 spiro atoms. The molecule has 73 heavy (non-hydrogen) atoms. The lowest BCUT2D eigenvalue weighted by molar-refractivity contribution is 0.332. The van der Waals surface area contributed by atoms with Gasteiger partial charge >= 0.3 is 0 Å². The Balaban J connectivity index is 1.16. The van der Waals surface area contributed by atoms with Crippen molar-refractivity contribution in [2.75, 3.05) is 14.7 Å². The monoisotopic (exact) mass is 954 g/mol. The van der Waals surface area contributed by atoms with Gasteiger partial charge in [0.1, 0.15) is 11.2 Å². The number of furan rings is 1. The summed E-state index contributed by atoms with van der Waals surface area (Å²) in [5, 5.41) is 2.24. The highest BCUT2D eigenvalue weighted by molar-refractivity contribution is 7.00. The molecule has 0 amide bonds. The first kappa shape index (κ1) is 45.9. The number of hydrogen-bond donors (Lipinski definition) is 0.